The number of fused-ring (bicyclic) bond motifs is 1. The zero-order valence-corrected chi connectivity index (χ0v) is 10.9. The van der Waals surface area contributed by atoms with Gasteiger partial charge in [0.1, 0.15) is 6.54 Å². The van der Waals surface area contributed by atoms with Crippen LogP contribution in [0.15, 0.2) is 33.5 Å². The Morgan fingerprint density at radius 1 is 1.35 bits per heavy atom. The number of benzene rings is 1. The van der Waals surface area contributed by atoms with E-state index in [2.05, 4.69) is 0 Å². The second-order valence-corrected chi connectivity index (χ2v) is 4.38. The molecule has 1 amide bonds. The number of oxazole rings is 1. The fourth-order valence-electron chi connectivity index (χ4n) is 1.81. The second-order valence-electron chi connectivity index (χ2n) is 4.38. The van der Waals surface area contributed by atoms with Crippen LogP contribution in [0, 0.1) is 0 Å². The van der Waals surface area contributed by atoms with Gasteiger partial charge in [-0.05, 0) is 12.1 Å². The number of carboxylic acids is 1. The normalized spacial score (nSPS) is 10.7. The van der Waals surface area contributed by atoms with Crippen molar-refractivity contribution in [3.63, 3.8) is 0 Å². The molecule has 0 aliphatic rings. The zero-order chi connectivity index (χ0) is 14.7. The van der Waals surface area contributed by atoms with E-state index in [1.807, 2.05) is 0 Å². The Balaban J connectivity index is 2.15. The third-order valence-electron chi connectivity index (χ3n) is 2.95. The van der Waals surface area contributed by atoms with Gasteiger partial charge in [0.15, 0.2) is 5.58 Å². The molecule has 2 aromatic rings. The zero-order valence-electron chi connectivity index (χ0n) is 10.9. The molecule has 0 aliphatic heterocycles. The minimum Gasteiger partial charge on any atom is -0.481 e. The SMILES string of the molecule is CN(CCC(=O)O)C(=O)Cn1c(=O)oc2ccccc21. The molecule has 1 heterocycles. The predicted octanol–water partition coefficient (Wildman–Crippen LogP) is 0.528. The number of carboxylic acid groups (broad SMARTS) is 1. The van der Waals surface area contributed by atoms with Gasteiger partial charge >= 0.3 is 11.7 Å². The van der Waals surface area contributed by atoms with Crippen LogP contribution in [0.1, 0.15) is 6.42 Å². The summed E-state index contributed by atoms with van der Waals surface area (Å²) in [5.74, 6) is -1.93. The highest BCUT2D eigenvalue weighted by Gasteiger charge is 2.15. The van der Waals surface area contributed by atoms with E-state index in [0.717, 1.165) is 0 Å². The van der Waals surface area contributed by atoms with Crippen molar-refractivity contribution in [2.75, 3.05) is 13.6 Å². The van der Waals surface area contributed by atoms with Crippen LogP contribution in [0.5, 0.6) is 0 Å². The molecule has 0 fully saturated rings. The summed E-state index contributed by atoms with van der Waals surface area (Å²) in [5.41, 5.74) is 0.955. The third kappa shape index (κ3) is 2.87. The summed E-state index contributed by atoms with van der Waals surface area (Å²) in [5, 5.41) is 8.58. The van der Waals surface area contributed by atoms with Crippen LogP contribution in [0.25, 0.3) is 11.1 Å². The first-order valence-corrected chi connectivity index (χ1v) is 6.03. The average Bonchev–Trinajstić information content (AvgIpc) is 2.72. The van der Waals surface area contributed by atoms with E-state index in [4.69, 9.17) is 9.52 Å². The van der Waals surface area contributed by atoms with E-state index in [1.54, 1.807) is 24.3 Å². The molecule has 0 saturated heterocycles. The van der Waals surface area contributed by atoms with Gasteiger partial charge in [-0.2, -0.15) is 0 Å². The summed E-state index contributed by atoms with van der Waals surface area (Å²) in [4.78, 5) is 35.4. The molecule has 20 heavy (non-hydrogen) atoms. The van der Waals surface area contributed by atoms with Gasteiger partial charge in [0.25, 0.3) is 0 Å². The van der Waals surface area contributed by atoms with Crippen molar-refractivity contribution in [3.8, 4) is 0 Å². The van der Waals surface area contributed by atoms with Gasteiger partial charge in [-0.15, -0.1) is 0 Å². The summed E-state index contributed by atoms with van der Waals surface area (Å²) in [6.07, 6.45) is -0.136. The molecule has 0 unspecified atom stereocenters. The fraction of sp³-hybridized carbons (Fsp3) is 0.308. The highest BCUT2D eigenvalue weighted by atomic mass is 16.4. The summed E-state index contributed by atoms with van der Waals surface area (Å²) in [7, 11) is 1.50. The van der Waals surface area contributed by atoms with Crippen molar-refractivity contribution < 1.29 is 19.1 Å². The molecule has 1 aromatic carbocycles. The molecule has 0 bridgehead atoms. The van der Waals surface area contributed by atoms with Gasteiger partial charge < -0.3 is 14.4 Å². The van der Waals surface area contributed by atoms with Crippen molar-refractivity contribution in [3.05, 3.63) is 34.8 Å². The van der Waals surface area contributed by atoms with Crippen LogP contribution < -0.4 is 5.76 Å². The Bertz CT molecular complexity index is 700. The third-order valence-corrected chi connectivity index (χ3v) is 2.95. The molecular formula is C13H14N2O5. The Morgan fingerprint density at radius 3 is 2.75 bits per heavy atom. The van der Waals surface area contributed by atoms with Crippen LogP contribution in [-0.2, 0) is 16.1 Å². The quantitative estimate of drug-likeness (QED) is 0.861. The maximum absolute atomic E-state index is 12.0. The largest absolute Gasteiger partial charge is 0.481 e. The van der Waals surface area contributed by atoms with Crippen molar-refractivity contribution >= 4 is 23.0 Å². The molecular weight excluding hydrogens is 264 g/mol. The van der Waals surface area contributed by atoms with Crippen molar-refractivity contribution in [2.24, 2.45) is 0 Å². The standard InChI is InChI=1S/C13H14N2O5/c1-14(7-6-12(17)18)11(16)8-15-9-4-2-3-5-10(9)20-13(15)19/h2-5H,6-8H2,1H3,(H,17,18). The lowest BCUT2D eigenvalue weighted by molar-refractivity contribution is -0.138. The number of likely N-dealkylation sites (N-methyl/N-ethyl adjacent to an activating group) is 1. The second kappa shape index (κ2) is 5.60. The first-order chi connectivity index (χ1) is 9.49. The smallest absolute Gasteiger partial charge is 0.420 e. The van der Waals surface area contributed by atoms with Gasteiger partial charge in [0.05, 0.1) is 11.9 Å². The van der Waals surface area contributed by atoms with Gasteiger partial charge in [0, 0.05) is 13.6 Å². The number of rotatable bonds is 5. The Hall–Kier alpha value is -2.57. The molecule has 0 spiro atoms. The summed E-state index contributed by atoms with van der Waals surface area (Å²) < 4.78 is 6.25. The highest BCUT2D eigenvalue weighted by Crippen LogP contribution is 2.11. The molecule has 1 N–H and O–H groups in total. The number of hydrogen-bond donors (Lipinski definition) is 1. The van der Waals surface area contributed by atoms with Crippen molar-refractivity contribution in [2.45, 2.75) is 13.0 Å². The molecule has 0 saturated carbocycles. The number of carbonyl (C=O) groups excluding carboxylic acids is 1. The maximum atomic E-state index is 12.0. The number of aliphatic carboxylic acids is 1. The van der Waals surface area contributed by atoms with Crippen LogP contribution >= 0.6 is 0 Å². The van der Waals surface area contributed by atoms with Gasteiger partial charge in [-0.3, -0.25) is 14.2 Å². The van der Waals surface area contributed by atoms with Crippen LogP contribution in [0.4, 0.5) is 0 Å². The van der Waals surface area contributed by atoms with E-state index < -0.39 is 11.7 Å². The Kier molecular flexibility index (Phi) is 3.88. The van der Waals surface area contributed by atoms with Crippen molar-refractivity contribution in [1.82, 2.24) is 9.47 Å². The van der Waals surface area contributed by atoms with Crippen LogP contribution in [0.3, 0.4) is 0 Å². The van der Waals surface area contributed by atoms with E-state index in [-0.39, 0.29) is 25.4 Å². The lowest BCUT2D eigenvalue weighted by Crippen LogP contribution is -2.34. The molecule has 7 nitrogen and oxygen atoms in total. The molecule has 1 aromatic heterocycles. The topological polar surface area (TPSA) is 92.8 Å². The van der Waals surface area contributed by atoms with Gasteiger partial charge in [-0.1, -0.05) is 12.1 Å². The van der Waals surface area contributed by atoms with E-state index in [9.17, 15) is 14.4 Å². The monoisotopic (exact) mass is 278 g/mol. The number of hydrogen-bond acceptors (Lipinski definition) is 4. The maximum Gasteiger partial charge on any atom is 0.420 e. The lowest BCUT2D eigenvalue weighted by atomic mass is 10.3. The molecule has 106 valence electrons. The van der Waals surface area contributed by atoms with E-state index >= 15 is 0 Å². The average molecular weight is 278 g/mol. The minimum absolute atomic E-state index is 0.0959. The van der Waals surface area contributed by atoms with E-state index in [0.29, 0.717) is 11.1 Å². The molecule has 0 aliphatic carbocycles. The number of carbonyl (C=O) groups is 2. The number of amides is 1. The van der Waals surface area contributed by atoms with Crippen LogP contribution in [0.2, 0.25) is 0 Å². The summed E-state index contributed by atoms with van der Waals surface area (Å²) in [6, 6.07) is 6.81. The number of para-hydroxylation sites is 2. The van der Waals surface area contributed by atoms with Crippen molar-refractivity contribution in [1.29, 1.82) is 0 Å². The van der Waals surface area contributed by atoms with Crippen LogP contribution in [-0.4, -0.2) is 40.0 Å². The molecule has 7 heteroatoms. The molecule has 2 rings (SSSR count). The summed E-state index contributed by atoms with van der Waals surface area (Å²) in [6.45, 7) is -0.0787. The van der Waals surface area contributed by atoms with E-state index in [1.165, 1.54) is 16.5 Å². The minimum atomic E-state index is -0.976. The lowest BCUT2D eigenvalue weighted by Gasteiger charge is -2.15. The fourth-order valence-corrected chi connectivity index (χ4v) is 1.81. The first-order valence-electron chi connectivity index (χ1n) is 6.03. The summed E-state index contributed by atoms with van der Waals surface area (Å²) >= 11 is 0. The molecule has 0 atom stereocenters. The number of nitrogens with zero attached hydrogens (tertiary/aromatic N) is 2. The number of aromatic nitrogens is 1. The Labute approximate surface area is 114 Å². The Morgan fingerprint density at radius 2 is 2.05 bits per heavy atom. The van der Waals surface area contributed by atoms with Gasteiger partial charge in [-0.25, -0.2) is 4.79 Å². The first kappa shape index (κ1) is 13.9. The predicted molar refractivity (Wildman–Crippen MR) is 70.4 cm³/mol. The highest BCUT2D eigenvalue weighted by molar-refractivity contribution is 5.79. The molecule has 0 radical (unpaired) electrons. The van der Waals surface area contributed by atoms with Gasteiger partial charge in [0.2, 0.25) is 5.91 Å².